The minimum atomic E-state index is -3.22. The number of rotatable bonds is 7. The fraction of sp³-hybridized carbons (Fsp3) is 0.571. The molecule has 0 aromatic heterocycles. The number of sulfonamides is 1. The Labute approximate surface area is 127 Å². The fourth-order valence-corrected chi connectivity index (χ4v) is 3.41. The van der Waals surface area contributed by atoms with Gasteiger partial charge in [0.05, 0.1) is 6.26 Å². The fourth-order valence-electron chi connectivity index (χ4n) is 2.14. The Balaban J connectivity index is 2.71. The Morgan fingerprint density at radius 3 is 2.50 bits per heavy atom. The normalized spacial score (nSPS) is 14.2. The summed E-state index contributed by atoms with van der Waals surface area (Å²) in [5.74, 6) is 0. The summed E-state index contributed by atoms with van der Waals surface area (Å²) in [4.78, 5) is 0. The minimum Gasteiger partial charge on any atom is -0.308 e. The van der Waals surface area contributed by atoms with E-state index in [1.165, 1.54) is 6.26 Å². The van der Waals surface area contributed by atoms with Crippen LogP contribution in [0, 0.1) is 0 Å². The highest BCUT2D eigenvalue weighted by atomic mass is 35.5. The minimum absolute atomic E-state index is 0.148. The zero-order valence-electron chi connectivity index (χ0n) is 12.4. The summed E-state index contributed by atoms with van der Waals surface area (Å²) in [5, 5.41) is 4.10. The summed E-state index contributed by atoms with van der Waals surface area (Å²) in [6, 6.07) is 7.85. The van der Waals surface area contributed by atoms with Crippen LogP contribution in [0.5, 0.6) is 0 Å². The van der Waals surface area contributed by atoms with Gasteiger partial charge in [-0.2, -0.15) is 0 Å². The average molecular weight is 319 g/mol. The van der Waals surface area contributed by atoms with Crippen molar-refractivity contribution < 1.29 is 8.42 Å². The summed E-state index contributed by atoms with van der Waals surface area (Å²) < 4.78 is 25.3. The van der Waals surface area contributed by atoms with Gasteiger partial charge in [0.25, 0.3) is 0 Å². The highest BCUT2D eigenvalue weighted by Crippen LogP contribution is 2.20. The molecule has 0 aliphatic carbocycles. The lowest BCUT2D eigenvalue weighted by Crippen LogP contribution is -2.50. The lowest BCUT2D eigenvalue weighted by Gasteiger charge is -2.28. The molecule has 1 aromatic carbocycles. The number of nitrogens with one attached hydrogen (secondary N) is 2. The van der Waals surface area contributed by atoms with Crippen molar-refractivity contribution in [3.05, 3.63) is 34.9 Å². The van der Waals surface area contributed by atoms with Crippen LogP contribution >= 0.6 is 11.6 Å². The third-order valence-electron chi connectivity index (χ3n) is 2.91. The van der Waals surface area contributed by atoms with Gasteiger partial charge in [0.2, 0.25) is 10.0 Å². The lowest BCUT2D eigenvalue weighted by atomic mass is 10.0. The summed E-state index contributed by atoms with van der Waals surface area (Å²) in [6.45, 7) is 6.32. The quantitative estimate of drug-likeness (QED) is 0.812. The summed E-state index contributed by atoms with van der Waals surface area (Å²) >= 11 is 6.00. The van der Waals surface area contributed by atoms with Crippen molar-refractivity contribution in [1.82, 2.24) is 10.0 Å². The van der Waals surface area contributed by atoms with E-state index in [1.807, 2.05) is 38.1 Å². The van der Waals surface area contributed by atoms with Gasteiger partial charge in [0.15, 0.2) is 0 Å². The highest BCUT2D eigenvalue weighted by molar-refractivity contribution is 7.88. The van der Waals surface area contributed by atoms with Crippen LogP contribution < -0.4 is 10.0 Å². The summed E-state index contributed by atoms with van der Waals surface area (Å²) in [5.41, 5.74) is 0.565. The van der Waals surface area contributed by atoms with E-state index < -0.39 is 15.6 Å². The molecule has 4 nitrogen and oxygen atoms in total. The molecule has 20 heavy (non-hydrogen) atoms. The van der Waals surface area contributed by atoms with Gasteiger partial charge in [-0.25, -0.2) is 13.1 Å². The number of hydrogen-bond donors (Lipinski definition) is 2. The van der Waals surface area contributed by atoms with Gasteiger partial charge in [0.1, 0.15) is 0 Å². The van der Waals surface area contributed by atoms with Crippen molar-refractivity contribution in [1.29, 1.82) is 0 Å². The molecule has 0 heterocycles. The topological polar surface area (TPSA) is 58.2 Å². The first-order chi connectivity index (χ1) is 9.13. The smallest absolute Gasteiger partial charge is 0.209 e. The molecule has 1 unspecified atom stereocenters. The molecular formula is C14H23ClN2O2S. The van der Waals surface area contributed by atoms with Crippen molar-refractivity contribution in [2.24, 2.45) is 0 Å². The summed E-state index contributed by atoms with van der Waals surface area (Å²) in [7, 11) is -3.22. The largest absolute Gasteiger partial charge is 0.308 e. The molecule has 0 saturated carbocycles. The first kappa shape index (κ1) is 17.4. The first-order valence-corrected chi connectivity index (χ1v) is 8.88. The van der Waals surface area contributed by atoms with E-state index >= 15 is 0 Å². The number of halogens is 1. The Morgan fingerprint density at radius 1 is 1.35 bits per heavy atom. The Bertz CT molecular complexity index is 544. The molecule has 0 radical (unpaired) electrons. The molecule has 0 bridgehead atoms. The maximum atomic E-state index is 11.3. The monoisotopic (exact) mass is 318 g/mol. The van der Waals surface area contributed by atoms with Gasteiger partial charge < -0.3 is 5.32 Å². The van der Waals surface area contributed by atoms with Crippen molar-refractivity contribution in [2.45, 2.75) is 38.8 Å². The molecule has 114 valence electrons. The maximum absolute atomic E-state index is 11.3. The molecule has 0 fully saturated rings. The molecule has 2 N–H and O–H groups in total. The van der Waals surface area contributed by atoms with E-state index in [0.717, 1.165) is 12.0 Å². The van der Waals surface area contributed by atoms with Gasteiger partial charge in [-0.15, -0.1) is 0 Å². The molecule has 0 amide bonds. The van der Waals surface area contributed by atoms with E-state index in [4.69, 9.17) is 11.6 Å². The summed E-state index contributed by atoms with van der Waals surface area (Å²) in [6.07, 6.45) is 2.07. The molecule has 0 aliphatic rings. The Morgan fingerprint density at radius 2 is 2.00 bits per heavy atom. The molecule has 0 spiro atoms. The van der Waals surface area contributed by atoms with Crippen molar-refractivity contribution >= 4 is 21.6 Å². The second-order valence-electron chi connectivity index (χ2n) is 5.65. The number of benzene rings is 1. The van der Waals surface area contributed by atoms with Crippen LogP contribution in [0.2, 0.25) is 5.02 Å². The molecule has 1 rings (SSSR count). The zero-order chi connectivity index (χ0) is 15.4. The molecule has 1 aromatic rings. The van der Waals surface area contributed by atoms with Crippen LogP contribution in [0.25, 0.3) is 0 Å². The predicted octanol–water partition coefficient (Wildman–Crippen LogP) is 2.71. The predicted molar refractivity (Wildman–Crippen MR) is 84.5 cm³/mol. The van der Waals surface area contributed by atoms with Gasteiger partial charge in [-0.05, 0) is 38.0 Å². The van der Waals surface area contributed by atoms with Crippen LogP contribution in [0.15, 0.2) is 24.3 Å². The second-order valence-corrected chi connectivity index (χ2v) is 7.84. The first-order valence-electron chi connectivity index (χ1n) is 6.61. The van der Waals surface area contributed by atoms with Crippen LogP contribution in [0.1, 0.15) is 38.8 Å². The third-order valence-corrected chi connectivity index (χ3v) is 4.07. The lowest BCUT2D eigenvalue weighted by molar-refractivity contribution is 0.386. The van der Waals surface area contributed by atoms with Gasteiger partial charge >= 0.3 is 0 Å². The average Bonchev–Trinajstić information content (AvgIpc) is 2.26. The van der Waals surface area contributed by atoms with E-state index in [0.29, 0.717) is 11.6 Å². The molecule has 6 heteroatoms. The van der Waals surface area contributed by atoms with E-state index in [9.17, 15) is 8.42 Å². The highest BCUT2D eigenvalue weighted by Gasteiger charge is 2.23. The SMILES string of the molecule is CCC(NCC(C)(C)NS(C)(=O)=O)c1cccc(Cl)c1. The molecule has 0 saturated heterocycles. The molecule has 1 atom stereocenters. The zero-order valence-corrected chi connectivity index (χ0v) is 14.0. The van der Waals surface area contributed by atoms with E-state index in [1.54, 1.807) is 0 Å². The van der Waals surface area contributed by atoms with E-state index in [2.05, 4.69) is 17.0 Å². The van der Waals surface area contributed by atoms with E-state index in [-0.39, 0.29) is 6.04 Å². The van der Waals surface area contributed by atoms with Gasteiger partial charge in [0, 0.05) is 23.1 Å². The third kappa shape index (κ3) is 6.22. The van der Waals surface area contributed by atoms with Crippen molar-refractivity contribution in [3.63, 3.8) is 0 Å². The molecule has 0 aliphatic heterocycles. The van der Waals surface area contributed by atoms with Crippen molar-refractivity contribution in [3.8, 4) is 0 Å². The number of hydrogen-bond acceptors (Lipinski definition) is 3. The Hall–Kier alpha value is -0.620. The maximum Gasteiger partial charge on any atom is 0.209 e. The van der Waals surface area contributed by atoms with Crippen LogP contribution in [-0.2, 0) is 10.0 Å². The van der Waals surface area contributed by atoms with Crippen LogP contribution in [-0.4, -0.2) is 26.8 Å². The van der Waals surface area contributed by atoms with Gasteiger partial charge in [-0.1, -0.05) is 30.7 Å². The van der Waals surface area contributed by atoms with Crippen molar-refractivity contribution in [2.75, 3.05) is 12.8 Å². The Kier molecular flexibility index (Phi) is 6.01. The van der Waals surface area contributed by atoms with Gasteiger partial charge in [-0.3, -0.25) is 0 Å². The van der Waals surface area contributed by atoms with Crippen LogP contribution in [0.3, 0.4) is 0 Å². The molecular weight excluding hydrogens is 296 g/mol. The second kappa shape index (κ2) is 6.89. The van der Waals surface area contributed by atoms with Crippen LogP contribution in [0.4, 0.5) is 0 Å². The standard InChI is InChI=1S/C14H23ClN2O2S/c1-5-13(11-7-6-8-12(15)9-11)16-10-14(2,3)17-20(4,18)19/h6-9,13,16-17H,5,10H2,1-4H3.